The second kappa shape index (κ2) is 8.52. The van der Waals surface area contributed by atoms with Gasteiger partial charge >= 0.3 is 6.18 Å². The van der Waals surface area contributed by atoms with E-state index in [2.05, 4.69) is 4.72 Å². The van der Waals surface area contributed by atoms with Gasteiger partial charge in [-0.15, -0.1) is 0 Å². The molecule has 0 heterocycles. The quantitative estimate of drug-likeness (QED) is 0.705. The van der Waals surface area contributed by atoms with Crippen LogP contribution in [0.2, 0.25) is 0 Å². The van der Waals surface area contributed by atoms with Gasteiger partial charge in [0.05, 0.1) is 17.1 Å². The highest BCUT2D eigenvalue weighted by Gasteiger charge is 2.30. The second-order valence-electron chi connectivity index (χ2n) is 5.34. The van der Waals surface area contributed by atoms with Crippen LogP contribution in [-0.2, 0) is 27.5 Å². The molecule has 9 heteroatoms. The lowest BCUT2D eigenvalue weighted by atomic mass is 10.1. The van der Waals surface area contributed by atoms with E-state index in [1.165, 1.54) is 43.5 Å². The van der Waals surface area contributed by atoms with Crippen molar-refractivity contribution >= 4 is 10.0 Å². The molecule has 0 bridgehead atoms. The first-order chi connectivity index (χ1) is 12.2. The van der Waals surface area contributed by atoms with Crippen molar-refractivity contribution in [3.63, 3.8) is 0 Å². The van der Waals surface area contributed by atoms with Crippen molar-refractivity contribution < 1.29 is 31.1 Å². The lowest BCUT2D eigenvalue weighted by Crippen LogP contribution is -2.23. The number of sulfonamides is 1. The van der Waals surface area contributed by atoms with E-state index in [4.69, 9.17) is 9.47 Å². The minimum absolute atomic E-state index is 0.0106. The van der Waals surface area contributed by atoms with Crippen LogP contribution in [0.3, 0.4) is 0 Å². The third-order valence-electron chi connectivity index (χ3n) is 3.41. The highest BCUT2D eigenvalue weighted by atomic mass is 32.2. The molecule has 0 fully saturated rings. The highest BCUT2D eigenvalue weighted by molar-refractivity contribution is 7.89. The van der Waals surface area contributed by atoms with Gasteiger partial charge in [-0.2, -0.15) is 13.2 Å². The molecule has 0 saturated heterocycles. The molecule has 2 aromatic carbocycles. The molecule has 0 saturated carbocycles. The molecule has 26 heavy (non-hydrogen) atoms. The lowest BCUT2D eigenvalue weighted by molar-refractivity contribution is -0.137. The van der Waals surface area contributed by atoms with Crippen LogP contribution < -0.4 is 9.46 Å². The molecule has 0 aromatic heterocycles. The Balaban J connectivity index is 2.02. The predicted molar refractivity (Wildman–Crippen MR) is 89.3 cm³/mol. The molecular weight excluding hydrogens is 371 g/mol. The van der Waals surface area contributed by atoms with E-state index in [0.29, 0.717) is 19.0 Å². The molecule has 5 nitrogen and oxygen atoms in total. The summed E-state index contributed by atoms with van der Waals surface area (Å²) in [5, 5.41) is 0. The standard InChI is InChI=1S/C17H18F3NO4S/c1-24-9-10-25-15-5-7-16(8-6-15)26(22,23)21-12-13-3-2-4-14(11-13)17(18,19)20/h2-8,11,21H,9-10,12H2,1H3. The molecule has 0 atom stereocenters. The van der Waals surface area contributed by atoms with Gasteiger partial charge in [0, 0.05) is 13.7 Å². The average molecular weight is 389 g/mol. The molecule has 2 aromatic rings. The van der Waals surface area contributed by atoms with Crippen LogP contribution in [0, 0.1) is 0 Å². The topological polar surface area (TPSA) is 64.6 Å². The number of alkyl halides is 3. The zero-order valence-electron chi connectivity index (χ0n) is 13.9. The molecule has 0 radical (unpaired) electrons. The Morgan fingerprint density at radius 1 is 1.04 bits per heavy atom. The first-order valence-corrected chi connectivity index (χ1v) is 9.08. The molecule has 2 rings (SSSR count). The predicted octanol–water partition coefficient (Wildman–Crippen LogP) is 3.21. The minimum Gasteiger partial charge on any atom is -0.491 e. The number of methoxy groups -OCH3 is 1. The molecule has 1 N–H and O–H groups in total. The number of hydrogen-bond acceptors (Lipinski definition) is 4. The third-order valence-corrected chi connectivity index (χ3v) is 4.83. The second-order valence-corrected chi connectivity index (χ2v) is 7.10. The normalized spacial score (nSPS) is 12.2. The van der Waals surface area contributed by atoms with Gasteiger partial charge in [-0.1, -0.05) is 18.2 Å². The van der Waals surface area contributed by atoms with Crippen molar-refractivity contribution in [3.8, 4) is 5.75 Å². The summed E-state index contributed by atoms with van der Waals surface area (Å²) >= 11 is 0. The molecule has 142 valence electrons. The van der Waals surface area contributed by atoms with E-state index in [-0.39, 0.29) is 17.0 Å². The van der Waals surface area contributed by atoms with Gasteiger partial charge < -0.3 is 9.47 Å². The Hall–Kier alpha value is -2.10. The number of nitrogens with one attached hydrogen (secondary N) is 1. The van der Waals surface area contributed by atoms with Gasteiger partial charge in [0.15, 0.2) is 0 Å². The van der Waals surface area contributed by atoms with Crippen molar-refractivity contribution in [1.82, 2.24) is 4.72 Å². The number of halogens is 3. The largest absolute Gasteiger partial charge is 0.491 e. The first-order valence-electron chi connectivity index (χ1n) is 7.60. The van der Waals surface area contributed by atoms with Crippen molar-refractivity contribution in [3.05, 3.63) is 59.7 Å². The summed E-state index contributed by atoms with van der Waals surface area (Å²) < 4.78 is 75.1. The van der Waals surface area contributed by atoms with E-state index in [0.717, 1.165) is 12.1 Å². The van der Waals surface area contributed by atoms with Crippen molar-refractivity contribution in [2.24, 2.45) is 0 Å². The van der Waals surface area contributed by atoms with Gasteiger partial charge in [-0.25, -0.2) is 13.1 Å². The summed E-state index contributed by atoms with van der Waals surface area (Å²) in [6.45, 7) is 0.479. The molecule has 0 amide bonds. The Morgan fingerprint density at radius 3 is 2.35 bits per heavy atom. The van der Waals surface area contributed by atoms with E-state index in [1.807, 2.05) is 0 Å². The van der Waals surface area contributed by atoms with Gasteiger partial charge in [0.1, 0.15) is 12.4 Å². The van der Waals surface area contributed by atoms with E-state index in [1.54, 1.807) is 0 Å². The van der Waals surface area contributed by atoms with Crippen molar-refractivity contribution in [1.29, 1.82) is 0 Å². The lowest BCUT2D eigenvalue weighted by Gasteiger charge is -2.11. The molecule has 0 aliphatic rings. The third kappa shape index (κ3) is 5.72. The number of hydrogen-bond donors (Lipinski definition) is 1. The van der Waals surface area contributed by atoms with Crippen LogP contribution in [0.4, 0.5) is 13.2 Å². The molecule has 0 aliphatic heterocycles. The van der Waals surface area contributed by atoms with Crippen LogP contribution in [0.5, 0.6) is 5.75 Å². The van der Waals surface area contributed by atoms with E-state index >= 15 is 0 Å². The molecular formula is C17H18F3NO4S. The average Bonchev–Trinajstić information content (AvgIpc) is 2.60. The summed E-state index contributed by atoms with van der Waals surface area (Å²) in [4.78, 5) is -0.0106. The van der Waals surface area contributed by atoms with Gasteiger partial charge in [0.2, 0.25) is 10.0 Å². The van der Waals surface area contributed by atoms with Gasteiger partial charge in [-0.3, -0.25) is 0 Å². The summed E-state index contributed by atoms with van der Waals surface area (Å²) in [6.07, 6.45) is -4.48. The van der Waals surface area contributed by atoms with Crippen molar-refractivity contribution in [2.75, 3.05) is 20.3 Å². The monoisotopic (exact) mass is 389 g/mol. The smallest absolute Gasteiger partial charge is 0.416 e. The fourth-order valence-corrected chi connectivity index (χ4v) is 3.09. The fraction of sp³-hybridized carbons (Fsp3) is 0.294. The van der Waals surface area contributed by atoms with Crippen LogP contribution in [0.25, 0.3) is 0 Å². The molecule has 0 spiro atoms. The maximum atomic E-state index is 12.7. The summed E-state index contributed by atoms with van der Waals surface area (Å²) in [7, 11) is -2.32. The van der Waals surface area contributed by atoms with E-state index < -0.39 is 21.8 Å². The van der Waals surface area contributed by atoms with Crippen LogP contribution in [0.15, 0.2) is 53.4 Å². The minimum atomic E-state index is -4.48. The zero-order chi connectivity index (χ0) is 19.2. The fourth-order valence-electron chi connectivity index (χ4n) is 2.08. The Labute approximate surface area is 149 Å². The van der Waals surface area contributed by atoms with Gasteiger partial charge in [-0.05, 0) is 35.9 Å². The van der Waals surface area contributed by atoms with Crippen LogP contribution in [-0.4, -0.2) is 28.7 Å². The number of rotatable bonds is 8. The highest BCUT2D eigenvalue weighted by Crippen LogP contribution is 2.29. The Kier molecular flexibility index (Phi) is 6.63. The zero-order valence-corrected chi connectivity index (χ0v) is 14.7. The van der Waals surface area contributed by atoms with E-state index in [9.17, 15) is 21.6 Å². The van der Waals surface area contributed by atoms with Crippen molar-refractivity contribution in [2.45, 2.75) is 17.6 Å². The summed E-state index contributed by atoms with van der Waals surface area (Å²) in [6, 6.07) is 10.2. The molecule has 0 aliphatic carbocycles. The van der Waals surface area contributed by atoms with Crippen LogP contribution >= 0.6 is 0 Å². The van der Waals surface area contributed by atoms with Gasteiger partial charge in [0.25, 0.3) is 0 Å². The maximum absolute atomic E-state index is 12.7. The number of ether oxygens (including phenoxy) is 2. The SMILES string of the molecule is COCCOc1ccc(S(=O)(=O)NCc2cccc(C(F)(F)F)c2)cc1. The Morgan fingerprint density at radius 2 is 1.73 bits per heavy atom. The number of benzene rings is 2. The maximum Gasteiger partial charge on any atom is 0.416 e. The molecule has 0 unspecified atom stereocenters. The summed E-state index contributed by atoms with van der Waals surface area (Å²) in [5.41, 5.74) is -0.616. The Bertz CT molecular complexity index is 821. The summed E-state index contributed by atoms with van der Waals surface area (Å²) in [5.74, 6) is 0.485. The van der Waals surface area contributed by atoms with Crippen LogP contribution in [0.1, 0.15) is 11.1 Å². The first kappa shape index (κ1) is 20.2.